The maximum absolute atomic E-state index is 5.69. The third-order valence-electron chi connectivity index (χ3n) is 4.14. The Morgan fingerprint density at radius 3 is 2.18 bits per heavy atom. The standard InChI is InChI=1S/C15H30O2/c1-12(2)15(17-4)14(11-16-3)10-13-8-6-5-7-9-13/h12-15H,5-11H2,1-4H3. The monoisotopic (exact) mass is 242 g/mol. The lowest BCUT2D eigenvalue weighted by Crippen LogP contribution is -2.33. The summed E-state index contributed by atoms with van der Waals surface area (Å²) in [7, 11) is 3.65. The van der Waals surface area contributed by atoms with Gasteiger partial charge in [0.05, 0.1) is 12.7 Å². The molecule has 1 aliphatic carbocycles. The molecule has 0 aromatic heterocycles. The second-order valence-corrected chi connectivity index (χ2v) is 5.90. The second kappa shape index (κ2) is 8.10. The first kappa shape index (κ1) is 15.0. The van der Waals surface area contributed by atoms with Crippen LogP contribution < -0.4 is 0 Å². The highest BCUT2D eigenvalue weighted by Crippen LogP contribution is 2.32. The fourth-order valence-electron chi connectivity index (χ4n) is 3.37. The maximum atomic E-state index is 5.69. The lowest BCUT2D eigenvalue weighted by atomic mass is 9.79. The van der Waals surface area contributed by atoms with Crippen LogP contribution in [0.15, 0.2) is 0 Å². The van der Waals surface area contributed by atoms with Gasteiger partial charge < -0.3 is 9.47 Å². The third-order valence-corrected chi connectivity index (χ3v) is 4.14. The van der Waals surface area contributed by atoms with E-state index in [1.54, 1.807) is 7.11 Å². The minimum absolute atomic E-state index is 0.344. The molecule has 0 aromatic carbocycles. The summed E-state index contributed by atoms with van der Waals surface area (Å²) in [6.07, 6.45) is 8.72. The second-order valence-electron chi connectivity index (χ2n) is 5.90. The summed E-state index contributed by atoms with van der Waals surface area (Å²) in [5.41, 5.74) is 0. The summed E-state index contributed by atoms with van der Waals surface area (Å²) in [5.74, 6) is 2.04. The minimum atomic E-state index is 0.344. The lowest BCUT2D eigenvalue weighted by Gasteiger charge is -2.32. The van der Waals surface area contributed by atoms with Crippen molar-refractivity contribution in [3.63, 3.8) is 0 Å². The molecule has 2 unspecified atom stereocenters. The van der Waals surface area contributed by atoms with Gasteiger partial charge in [-0.25, -0.2) is 0 Å². The molecule has 0 spiro atoms. The van der Waals surface area contributed by atoms with E-state index in [4.69, 9.17) is 9.47 Å². The van der Waals surface area contributed by atoms with E-state index in [1.807, 2.05) is 7.11 Å². The van der Waals surface area contributed by atoms with Gasteiger partial charge in [0.15, 0.2) is 0 Å². The Kier molecular flexibility index (Phi) is 7.14. The van der Waals surface area contributed by atoms with Gasteiger partial charge in [0.2, 0.25) is 0 Å². The molecular weight excluding hydrogens is 212 g/mol. The summed E-state index contributed by atoms with van der Waals surface area (Å²) in [6, 6.07) is 0. The fourth-order valence-corrected chi connectivity index (χ4v) is 3.37. The van der Waals surface area contributed by atoms with E-state index >= 15 is 0 Å². The average Bonchev–Trinajstić information content (AvgIpc) is 2.31. The Labute approximate surface area is 107 Å². The Balaban J connectivity index is 2.50. The SMILES string of the molecule is COCC(CC1CCCCC1)C(OC)C(C)C. The van der Waals surface area contributed by atoms with Crippen molar-refractivity contribution in [2.24, 2.45) is 17.8 Å². The van der Waals surface area contributed by atoms with E-state index in [0.717, 1.165) is 12.5 Å². The first-order valence-corrected chi connectivity index (χ1v) is 7.20. The Hall–Kier alpha value is -0.0800. The molecule has 0 saturated heterocycles. The van der Waals surface area contributed by atoms with E-state index in [1.165, 1.54) is 38.5 Å². The maximum Gasteiger partial charge on any atom is 0.0644 e. The first-order chi connectivity index (χ1) is 8.19. The first-order valence-electron chi connectivity index (χ1n) is 7.20. The van der Waals surface area contributed by atoms with E-state index < -0.39 is 0 Å². The highest BCUT2D eigenvalue weighted by Gasteiger charge is 2.27. The molecule has 102 valence electrons. The van der Waals surface area contributed by atoms with Gasteiger partial charge in [0, 0.05) is 20.1 Å². The quantitative estimate of drug-likeness (QED) is 0.674. The highest BCUT2D eigenvalue weighted by molar-refractivity contribution is 4.78. The molecule has 2 atom stereocenters. The molecule has 1 rings (SSSR count). The smallest absolute Gasteiger partial charge is 0.0644 e. The highest BCUT2D eigenvalue weighted by atomic mass is 16.5. The van der Waals surface area contributed by atoms with Crippen LogP contribution >= 0.6 is 0 Å². The summed E-state index contributed by atoms with van der Waals surface area (Å²) < 4.78 is 11.1. The van der Waals surface area contributed by atoms with Crippen LogP contribution in [-0.4, -0.2) is 26.9 Å². The van der Waals surface area contributed by atoms with Crippen molar-refractivity contribution in [1.29, 1.82) is 0 Å². The van der Waals surface area contributed by atoms with Gasteiger partial charge in [-0.1, -0.05) is 46.0 Å². The molecule has 2 nitrogen and oxygen atoms in total. The Bertz CT molecular complexity index is 185. The van der Waals surface area contributed by atoms with Crippen molar-refractivity contribution in [2.75, 3.05) is 20.8 Å². The molecule has 17 heavy (non-hydrogen) atoms. The van der Waals surface area contributed by atoms with Gasteiger partial charge in [-0.05, 0) is 18.3 Å². The van der Waals surface area contributed by atoms with E-state index in [0.29, 0.717) is 17.9 Å². The molecule has 2 heteroatoms. The van der Waals surface area contributed by atoms with Crippen LogP contribution in [0.4, 0.5) is 0 Å². The van der Waals surface area contributed by atoms with Crippen molar-refractivity contribution < 1.29 is 9.47 Å². The zero-order valence-electron chi connectivity index (χ0n) is 12.1. The fraction of sp³-hybridized carbons (Fsp3) is 1.00. The van der Waals surface area contributed by atoms with Crippen LogP contribution in [0.1, 0.15) is 52.4 Å². The molecule has 1 fully saturated rings. The van der Waals surface area contributed by atoms with Crippen LogP contribution in [0, 0.1) is 17.8 Å². The van der Waals surface area contributed by atoms with Gasteiger partial charge in [-0.15, -0.1) is 0 Å². The number of rotatable bonds is 7. The van der Waals surface area contributed by atoms with Crippen LogP contribution in [0.2, 0.25) is 0 Å². The topological polar surface area (TPSA) is 18.5 Å². The van der Waals surface area contributed by atoms with E-state index in [2.05, 4.69) is 13.8 Å². The predicted octanol–water partition coefficient (Wildman–Crippen LogP) is 3.89. The minimum Gasteiger partial charge on any atom is -0.384 e. The molecule has 0 radical (unpaired) electrons. The number of hydrogen-bond donors (Lipinski definition) is 0. The Morgan fingerprint density at radius 1 is 1.06 bits per heavy atom. The largest absolute Gasteiger partial charge is 0.384 e. The molecular formula is C15H30O2. The van der Waals surface area contributed by atoms with E-state index in [9.17, 15) is 0 Å². The van der Waals surface area contributed by atoms with Crippen LogP contribution in [0.25, 0.3) is 0 Å². The van der Waals surface area contributed by atoms with Crippen molar-refractivity contribution in [2.45, 2.75) is 58.5 Å². The molecule has 0 heterocycles. The van der Waals surface area contributed by atoms with Gasteiger partial charge in [-0.3, -0.25) is 0 Å². The van der Waals surface area contributed by atoms with Gasteiger partial charge in [-0.2, -0.15) is 0 Å². The van der Waals surface area contributed by atoms with Gasteiger partial charge in [0.1, 0.15) is 0 Å². The van der Waals surface area contributed by atoms with E-state index in [-0.39, 0.29) is 0 Å². The predicted molar refractivity (Wildman–Crippen MR) is 72.2 cm³/mol. The third kappa shape index (κ3) is 4.97. The molecule has 1 saturated carbocycles. The molecule has 0 N–H and O–H groups in total. The number of ether oxygens (including phenoxy) is 2. The van der Waals surface area contributed by atoms with Crippen LogP contribution in [-0.2, 0) is 9.47 Å². The van der Waals surface area contributed by atoms with Gasteiger partial charge >= 0.3 is 0 Å². The van der Waals surface area contributed by atoms with Crippen molar-refractivity contribution in [3.8, 4) is 0 Å². The molecule has 0 aliphatic heterocycles. The summed E-state index contributed by atoms with van der Waals surface area (Å²) >= 11 is 0. The number of methoxy groups -OCH3 is 2. The summed E-state index contributed by atoms with van der Waals surface area (Å²) in [4.78, 5) is 0. The molecule has 1 aliphatic rings. The zero-order chi connectivity index (χ0) is 12.7. The van der Waals surface area contributed by atoms with Crippen LogP contribution in [0.5, 0.6) is 0 Å². The van der Waals surface area contributed by atoms with Gasteiger partial charge in [0.25, 0.3) is 0 Å². The molecule has 0 amide bonds. The Morgan fingerprint density at radius 2 is 1.71 bits per heavy atom. The molecule has 0 bridgehead atoms. The van der Waals surface area contributed by atoms with Crippen molar-refractivity contribution in [3.05, 3.63) is 0 Å². The zero-order valence-corrected chi connectivity index (χ0v) is 12.1. The van der Waals surface area contributed by atoms with Crippen LogP contribution in [0.3, 0.4) is 0 Å². The summed E-state index contributed by atoms with van der Waals surface area (Å²) in [6.45, 7) is 5.34. The lowest BCUT2D eigenvalue weighted by molar-refractivity contribution is -0.0235. The molecule has 0 aromatic rings. The summed E-state index contributed by atoms with van der Waals surface area (Å²) in [5, 5.41) is 0. The number of hydrogen-bond acceptors (Lipinski definition) is 2. The normalized spacial score (nSPS) is 21.7. The van der Waals surface area contributed by atoms with Crippen molar-refractivity contribution in [1.82, 2.24) is 0 Å². The van der Waals surface area contributed by atoms with Crippen molar-refractivity contribution >= 4 is 0 Å². The average molecular weight is 242 g/mol.